The summed E-state index contributed by atoms with van der Waals surface area (Å²) in [5.74, 6) is -0.366. The van der Waals surface area contributed by atoms with Crippen molar-refractivity contribution in [3.8, 4) is 11.1 Å². The van der Waals surface area contributed by atoms with Crippen LogP contribution in [0.5, 0.6) is 0 Å². The second-order valence-electron chi connectivity index (χ2n) is 6.22. The van der Waals surface area contributed by atoms with Gasteiger partial charge < -0.3 is 0 Å². The first kappa shape index (κ1) is 17.0. The van der Waals surface area contributed by atoms with Crippen molar-refractivity contribution in [3.63, 3.8) is 0 Å². The van der Waals surface area contributed by atoms with Crippen LogP contribution in [0, 0.1) is 5.82 Å². The molecule has 0 radical (unpaired) electrons. The van der Waals surface area contributed by atoms with E-state index in [1.807, 2.05) is 25.1 Å². The number of aromatic nitrogens is 4. The van der Waals surface area contributed by atoms with Crippen LogP contribution >= 0.6 is 0 Å². The van der Waals surface area contributed by atoms with Crippen molar-refractivity contribution >= 4 is 11.2 Å². The minimum absolute atomic E-state index is 0.0948. The Morgan fingerprint density at radius 3 is 2.67 bits per heavy atom. The summed E-state index contributed by atoms with van der Waals surface area (Å²) in [6, 6.07) is 12.4. The molecule has 0 atom stereocenters. The molecule has 0 bridgehead atoms. The SMILES string of the molecule is CCc1cc(-c2ccc(Cn3c(=O)cnc4cccnc43)c(F)c2)ccn1. The topological polar surface area (TPSA) is 60.7 Å². The molecule has 1 aromatic carbocycles. The summed E-state index contributed by atoms with van der Waals surface area (Å²) in [6.45, 7) is 2.12. The molecule has 4 rings (SSSR count). The van der Waals surface area contributed by atoms with Gasteiger partial charge in [-0.2, -0.15) is 0 Å². The summed E-state index contributed by atoms with van der Waals surface area (Å²) in [4.78, 5) is 24.8. The molecule has 0 N–H and O–H groups in total. The fourth-order valence-corrected chi connectivity index (χ4v) is 3.03. The highest BCUT2D eigenvalue weighted by Crippen LogP contribution is 2.23. The number of halogens is 1. The van der Waals surface area contributed by atoms with Gasteiger partial charge in [0.15, 0.2) is 5.65 Å². The summed E-state index contributed by atoms with van der Waals surface area (Å²) >= 11 is 0. The lowest BCUT2D eigenvalue weighted by molar-refractivity contribution is 0.599. The first-order valence-electron chi connectivity index (χ1n) is 8.70. The van der Waals surface area contributed by atoms with E-state index in [0.29, 0.717) is 16.7 Å². The third kappa shape index (κ3) is 3.33. The first-order valence-corrected chi connectivity index (χ1v) is 8.70. The van der Waals surface area contributed by atoms with Crippen LogP contribution in [0.4, 0.5) is 4.39 Å². The van der Waals surface area contributed by atoms with Gasteiger partial charge in [0.2, 0.25) is 0 Å². The maximum atomic E-state index is 14.8. The van der Waals surface area contributed by atoms with Crippen LogP contribution in [0.2, 0.25) is 0 Å². The highest BCUT2D eigenvalue weighted by Gasteiger charge is 2.10. The number of rotatable bonds is 4. The van der Waals surface area contributed by atoms with E-state index >= 15 is 0 Å². The smallest absolute Gasteiger partial charge is 0.270 e. The van der Waals surface area contributed by atoms with Crippen molar-refractivity contribution in [3.05, 3.63) is 88.5 Å². The summed E-state index contributed by atoms with van der Waals surface area (Å²) in [7, 11) is 0. The van der Waals surface area contributed by atoms with E-state index in [2.05, 4.69) is 15.0 Å². The Morgan fingerprint density at radius 1 is 1.00 bits per heavy atom. The predicted molar refractivity (Wildman–Crippen MR) is 102 cm³/mol. The zero-order valence-electron chi connectivity index (χ0n) is 14.8. The van der Waals surface area contributed by atoms with Gasteiger partial charge in [0, 0.05) is 23.7 Å². The van der Waals surface area contributed by atoms with Gasteiger partial charge in [0.1, 0.15) is 11.3 Å². The average molecular weight is 360 g/mol. The molecule has 0 unspecified atom stereocenters. The van der Waals surface area contributed by atoms with E-state index in [-0.39, 0.29) is 17.9 Å². The van der Waals surface area contributed by atoms with Crippen LogP contribution in [0.1, 0.15) is 18.2 Å². The third-order valence-corrected chi connectivity index (χ3v) is 4.50. The van der Waals surface area contributed by atoms with E-state index in [1.165, 1.54) is 16.8 Å². The van der Waals surface area contributed by atoms with E-state index in [4.69, 9.17) is 0 Å². The molecule has 0 aliphatic carbocycles. The maximum absolute atomic E-state index is 14.8. The minimum Gasteiger partial charge on any atom is -0.285 e. The molecule has 6 heteroatoms. The number of pyridine rings is 2. The molecule has 0 saturated heterocycles. The van der Waals surface area contributed by atoms with Crippen LogP contribution < -0.4 is 5.56 Å². The standard InChI is InChI=1S/C21H17FN4O/c1-2-17-10-15(7-9-23-17)14-5-6-16(18(22)11-14)13-26-20(27)12-25-19-4-3-8-24-21(19)26/h3-12H,2,13H2,1H3. The van der Waals surface area contributed by atoms with Gasteiger partial charge in [-0.25, -0.2) is 14.4 Å². The van der Waals surface area contributed by atoms with Crippen LogP contribution in [0.15, 0.2) is 65.8 Å². The van der Waals surface area contributed by atoms with Gasteiger partial charge in [-0.05, 0) is 47.9 Å². The van der Waals surface area contributed by atoms with Gasteiger partial charge in [-0.1, -0.05) is 19.1 Å². The fraction of sp³-hybridized carbons (Fsp3) is 0.143. The monoisotopic (exact) mass is 360 g/mol. The molecule has 27 heavy (non-hydrogen) atoms. The Bertz CT molecular complexity index is 1190. The third-order valence-electron chi connectivity index (χ3n) is 4.50. The number of benzene rings is 1. The molecule has 0 aliphatic rings. The summed E-state index contributed by atoms with van der Waals surface area (Å²) in [6.07, 6.45) is 5.38. The normalized spacial score (nSPS) is 11.0. The number of hydrogen-bond acceptors (Lipinski definition) is 4. The highest BCUT2D eigenvalue weighted by molar-refractivity contribution is 5.69. The van der Waals surface area contributed by atoms with Crippen molar-refractivity contribution in [2.24, 2.45) is 0 Å². The average Bonchev–Trinajstić information content (AvgIpc) is 2.71. The zero-order valence-corrected chi connectivity index (χ0v) is 14.8. The highest BCUT2D eigenvalue weighted by atomic mass is 19.1. The van der Waals surface area contributed by atoms with Gasteiger partial charge in [0.25, 0.3) is 5.56 Å². The molecule has 0 spiro atoms. The Labute approximate surface area is 155 Å². The van der Waals surface area contributed by atoms with Crippen LogP contribution in [-0.4, -0.2) is 19.5 Å². The van der Waals surface area contributed by atoms with E-state index < -0.39 is 0 Å². The Morgan fingerprint density at radius 2 is 1.85 bits per heavy atom. The van der Waals surface area contributed by atoms with Crippen LogP contribution in [0.3, 0.4) is 0 Å². The molecule has 3 heterocycles. The molecule has 134 valence electrons. The molecule has 0 amide bonds. The van der Waals surface area contributed by atoms with Crippen molar-refractivity contribution in [2.75, 3.05) is 0 Å². The second-order valence-corrected chi connectivity index (χ2v) is 6.22. The fourth-order valence-electron chi connectivity index (χ4n) is 3.03. The zero-order chi connectivity index (χ0) is 18.8. The Kier molecular flexibility index (Phi) is 4.46. The second kappa shape index (κ2) is 7.07. The van der Waals surface area contributed by atoms with Crippen LogP contribution in [0.25, 0.3) is 22.3 Å². The van der Waals surface area contributed by atoms with Gasteiger partial charge in [0.05, 0.1) is 12.7 Å². The predicted octanol–water partition coefficient (Wildman–Crippen LogP) is 3.60. The van der Waals surface area contributed by atoms with E-state index in [1.54, 1.807) is 30.6 Å². The molecule has 0 fully saturated rings. The summed E-state index contributed by atoms with van der Waals surface area (Å²) < 4.78 is 16.2. The number of aryl methyl sites for hydroxylation is 1. The Hall–Kier alpha value is -3.41. The van der Waals surface area contributed by atoms with Gasteiger partial charge in [-0.3, -0.25) is 14.3 Å². The van der Waals surface area contributed by atoms with Crippen molar-refractivity contribution in [2.45, 2.75) is 19.9 Å². The van der Waals surface area contributed by atoms with Crippen molar-refractivity contribution in [1.82, 2.24) is 19.5 Å². The van der Waals surface area contributed by atoms with Crippen molar-refractivity contribution < 1.29 is 4.39 Å². The number of hydrogen-bond donors (Lipinski definition) is 0. The molecular weight excluding hydrogens is 343 g/mol. The lowest BCUT2D eigenvalue weighted by atomic mass is 10.0. The van der Waals surface area contributed by atoms with E-state index in [9.17, 15) is 9.18 Å². The van der Waals surface area contributed by atoms with Crippen molar-refractivity contribution in [1.29, 1.82) is 0 Å². The molecule has 0 aliphatic heterocycles. The maximum Gasteiger partial charge on any atom is 0.270 e. The minimum atomic E-state index is -0.366. The summed E-state index contributed by atoms with van der Waals surface area (Å²) in [5.41, 5.74) is 3.79. The van der Waals surface area contributed by atoms with Crippen LogP contribution in [-0.2, 0) is 13.0 Å². The first-order chi connectivity index (χ1) is 13.2. The molecule has 3 aromatic heterocycles. The lowest BCUT2D eigenvalue weighted by Gasteiger charge is -2.11. The van der Waals surface area contributed by atoms with E-state index in [0.717, 1.165) is 23.2 Å². The molecule has 5 nitrogen and oxygen atoms in total. The molecule has 0 saturated carbocycles. The number of nitrogens with zero attached hydrogens (tertiary/aromatic N) is 4. The summed E-state index contributed by atoms with van der Waals surface area (Å²) in [5, 5.41) is 0. The largest absolute Gasteiger partial charge is 0.285 e. The number of fused-ring (bicyclic) bond motifs is 1. The van der Waals surface area contributed by atoms with Gasteiger partial charge in [-0.15, -0.1) is 0 Å². The molecular formula is C21H17FN4O. The van der Waals surface area contributed by atoms with Gasteiger partial charge >= 0.3 is 0 Å². The quantitative estimate of drug-likeness (QED) is 0.558. The lowest BCUT2D eigenvalue weighted by Crippen LogP contribution is -2.22. The molecule has 4 aromatic rings. The Balaban J connectivity index is 1.72.